The second-order valence-corrected chi connectivity index (χ2v) is 22.4. The summed E-state index contributed by atoms with van der Waals surface area (Å²) in [5.74, 6) is -11.3. The minimum absolute atomic E-state index is 0.0226. The minimum atomic E-state index is -3.76. The summed E-state index contributed by atoms with van der Waals surface area (Å²) >= 11 is 0. The summed E-state index contributed by atoms with van der Waals surface area (Å²) in [4.78, 5) is 41.9. The number of hydrogen-bond donors (Lipinski definition) is 3. The van der Waals surface area contributed by atoms with Crippen molar-refractivity contribution >= 4 is 28.4 Å². The first-order valence-electron chi connectivity index (χ1n) is 21.9. The zero-order chi connectivity index (χ0) is 53.7. The van der Waals surface area contributed by atoms with Gasteiger partial charge in [-0.05, 0) is 105 Å². The lowest BCUT2D eigenvalue weighted by Crippen LogP contribution is -2.44. The van der Waals surface area contributed by atoms with Crippen LogP contribution < -0.4 is 10.6 Å². The number of halogens is 8. The van der Waals surface area contributed by atoms with E-state index in [-0.39, 0.29) is 25.4 Å². The highest BCUT2D eigenvalue weighted by Crippen LogP contribution is 2.35. The number of aliphatic hydroxyl groups is 1. The Hall–Kier alpha value is -3.04. The standard InChI is InChI=1S/C12H22F2N2O2.C11H19F2NO5S.C10H17F2NO3.C7H14F2N2.C2H7N/c1-11(2,3)18-10(17)16-8-12(13,14)6-9(16)7-15(4)5;1-10(2,3)19-9(15)14-7-11(12,13)5-8(14)6-18-20(4,16)17;1-9(2,3)16-8(15)13-6-10(11,12)4-7(13)5-14;1-11(2)4-6-3-7(8,9)5-10-6;1-3-2/h9H,6-8H2,1-5H3;8H,5-7H2,1-4H3;7,14H,4-6H2,1-3H3;6,10H,3-5H2,1-2H3;3H,1-2H3/t9-;8-;7-;6-;/m1111./s1. The average molecular weight is 1030 g/mol. The first kappa shape index (κ1) is 65.0. The number of nitrogens with one attached hydrogen (secondary N) is 2. The minimum Gasteiger partial charge on any atom is -0.444 e. The van der Waals surface area contributed by atoms with E-state index in [1.165, 1.54) is 0 Å². The molecule has 26 heteroatoms. The number of amides is 3. The smallest absolute Gasteiger partial charge is 0.410 e. The zero-order valence-corrected chi connectivity index (χ0v) is 43.4. The van der Waals surface area contributed by atoms with Gasteiger partial charge in [0.05, 0.1) is 63.8 Å². The molecule has 4 aliphatic rings. The highest BCUT2D eigenvalue weighted by atomic mass is 32.2. The largest absolute Gasteiger partial charge is 0.444 e. The Morgan fingerprint density at radius 3 is 1.24 bits per heavy atom. The van der Waals surface area contributed by atoms with Crippen molar-refractivity contribution in [3.05, 3.63) is 0 Å². The van der Waals surface area contributed by atoms with Gasteiger partial charge in [0.25, 0.3) is 33.8 Å². The molecule has 4 fully saturated rings. The highest BCUT2D eigenvalue weighted by Gasteiger charge is 2.50. The van der Waals surface area contributed by atoms with Crippen LogP contribution in [0.5, 0.6) is 0 Å². The van der Waals surface area contributed by atoms with Crippen molar-refractivity contribution in [2.24, 2.45) is 0 Å². The molecule has 17 nitrogen and oxygen atoms in total. The van der Waals surface area contributed by atoms with Gasteiger partial charge < -0.3 is 39.8 Å². The van der Waals surface area contributed by atoms with E-state index in [0.29, 0.717) is 13.1 Å². The van der Waals surface area contributed by atoms with Gasteiger partial charge in [-0.3, -0.25) is 18.9 Å². The molecule has 4 saturated heterocycles. The van der Waals surface area contributed by atoms with Gasteiger partial charge in [-0.15, -0.1) is 0 Å². The zero-order valence-electron chi connectivity index (χ0n) is 42.6. The Bertz CT molecular complexity index is 1680. The second-order valence-electron chi connectivity index (χ2n) is 20.8. The van der Waals surface area contributed by atoms with Gasteiger partial charge in [-0.2, -0.15) is 8.42 Å². The lowest BCUT2D eigenvalue weighted by molar-refractivity contribution is -0.00285. The van der Waals surface area contributed by atoms with Crippen LogP contribution in [0.25, 0.3) is 0 Å². The number of carbonyl (C=O) groups is 3. The van der Waals surface area contributed by atoms with E-state index in [9.17, 15) is 57.9 Å². The summed E-state index contributed by atoms with van der Waals surface area (Å²) in [7, 11) is 7.36. The fraction of sp³-hybridized carbons (Fsp3) is 0.929. The van der Waals surface area contributed by atoms with E-state index in [2.05, 4.69) is 14.8 Å². The van der Waals surface area contributed by atoms with Crippen LogP contribution >= 0.6 is 0 Å². The molecule has 0 radical (unpaired) electrons. The van der Waals surface area contributed by atoms with Crippen LogP contribution in [0.2, 0.25) is 0 Å². The van der Waals surface area contributed by atoms with Crippen molar-refractivity contribution in [3.8, 4) is 0 Å². The van der Waals surface area contributed by atoms with E-state index in [1.54, 1.807) is 81.3 Å². The maximum absolute atomic E-state index is 13.4. The Labute approximate surface area is 397 Å². The maximum atomic E-state index is 13.4. The van der Waals surface area contributed by atoms with Crippen molar-refractivity contribution < 1.29 is 81.4 Å². The Morgan fingerprint density at radius 1 is 0.618 bits per heavy atom. The molecule has 0 bridgehead atoms. The van der Waals surface area contributed by atoms with Crippen molar-refractivity contribution in [2.45, 2.75) is 153 Å². The van der Waals surface area contributed by atoms with E-state index >= 15 is 0 Å². The third-order valence-electron chi connectivity index (χ3n) is 9.06. The topological polar surface area (TPSA) is 183 Å². The fourth-order valence-corrected chi connectivity index (χ4v) is 7.17. The van der Waals surface area contributed by atoms with E-state index < -0.39 is 133 Å². The van der Waals surface area contributed by atoms with Crippen LogP contribution in [-0.4, -0.2) is 222 Å². The van der Waals surface area contributed by atoms with Crippen LogP contribution in [-0.2, 0) is 28.5 Å². The molecule has 0 aliphatic carbocycles. The van der Waals surface area contributed by atoms with Gasteiger partial charge in [-0.25, -0.2) is 49.5 Å². The Balaban J connectivity index is 0.000000876. The molecule has 3 N–H and O–H groups in total. The summed E-state index contributed by atoms with van der Waals surface area (Å²) in [5, 5.41) is 14.5. The normalized spacial score (nSPS) is 23.8. The molecular weight excluding hydrogens is 947 g/mol. The number of likely N-dealkylation sites (tertiary alicyclic amines) is 3. The second kappa shape index (κ2) is 25.9. The lowest BCUT2D eigenvalue weighted by Gasteiger charge is -2.29. The summed E-state index contributed by atoms with van der Waals surface area (Å²) in [6.45, 7) is 12.9. The average Bonchev–Trinajstić information content (AvgIpc) is 3.81. The molecule has 4 atom stereocenters. The number of aliphatic hydroxyl groups excluding tert-OH is 1. The van der Waals surface area contributed by atoms with E-state index in [0.717, 1.165) is 21.0 Å². The van der Waals surface area contributed by atoms with Crippen molar-refractivity contribution in [2.75, 3.05) is 101 Å². The summed E-state index contributed by atoms with van der Waals surface area (Å²) in [6, 6.07) is -2.43. The van der Waals surface area contributed by atoms with Crippen LogP contribution in [0, 0.1) is 0 Å². The molecular formula is C42H79F8N7O10S. The van der Waals surface area contributed by atoms with E-state index in [4.69, 9.17) is 19.3 Å². The summed E-state index contributed by atoms with van der Waals surface area (Å²) in [5.41, 5.74) is -2.22. The maximum Gasteiger partial charge on any atom is 0.410 e. The molecule has 0 spiro atoms. The quantitative estimate of drug-likeness (QED) is 0.151. The van der Waals surface area contributed by atoms with Crippen LogP contribution in [0.1, 0.15) is 88.0 Å². The molecule has 3 amide bonds. The van der Waals surface area contributed by atoms with E-state index in [1.807, 2.05) is 33.1 Å². The Morgan fingerprint density at radius 2 is 0.941 bits per heavy atom. The van der Waals surface area contributed by atoms with Crippen LogP contribution in [0.3, 0.4) is 0 Å². The number of hydrogen-bond acceptors (Lipinski definition) is 14. The molecule has 404 valence electrons. The number of carbonyl (C=O) groups excluding carboxylic acids is 3. The molecule has 4 heterocycles. The molecule has 68 heavy (non-hydrogen) atoms. The van der Waals surface area contributed by atoms with Gasteiger partial charge in [-0.1, -0.05) is 0 Å². The summed E-state index contributed by atoms with van der Waals surface area (Å²) in [6.07, 6.45) is -3.04. The van der Waals surface area contributed by atoms with Gasteiger partial charge in [0, 0.05) is 44.8 Å². The first-order chi connectivity index (χ1) is 30.3. The third kappa shape index (κ3) is 28.0. The molecule has 0 unspecified atom stereocenters. The monoisotopic (exact) mass is 1030 g/mol. The molecule has 0 saturated carbocycles. The summed E-state index contributed by atoms with van der Waals surface area (Å²) < 4.78 is 146. The predicted octanol–water partition coefficient (Wildman–Crippen LogP) is 5.80. The number of rotatable bonds is 8. The number of likely N-dealkylation sites (N-methyl/N-ethyl adjacent to an activating group) is 2. The third-order valence-corrected chi connectivity index (χ3v) is 9.62. The molecule has 4 aliphatic heterocycles. The van der Waals surface area contributed by atoms with Crippen LogP contribution in [0.4, 0.5) is 49.5 Å². The number of nitrogens with zero attached hydrogens (tertiary/aromatic N) is 5. The predicted molar refractivity (Wildman–Crippen MR) is 240 cm³/mol. The first-order valence-corrected chi connectivity index (χ1v) is 23.7. The van der Waals surface area contributed by atoms with Crippen molar-refractivity contribution in [3.63, 3.8) is 0 Å². The highest BCUT2D eigenvalue weighted by molar-refractivity contribution is 7.85. The SMILES string of the molecule is CC(C)(C)OC(=O)N1CC(F)(F)C[C@@H]1CO.CC(C)(C)OC(=O)N1CC(F)(F)C[C@@H]1COS(C)(=O)=O.CN(C)C[C@H]1CC(F)(F)CN1.CN(C)C[C@H]1CC(F)(F)CN1C(=O)OC(C)(C)C.CNC. The van der Waals surface area contributed by atoms with Crippen LogP contribution in [0.15, 0.2) is 0 Å². The molecule has 0 aromatic rings. The number of ether oxygens (including phenoxy) is 3. The molecule has 0 aromatic heterocycles. The van der Waals surface area contributed by atoms with Gasteiger partial charge in [0.2, 0.25) is 0 Å². The van der Waals surface area contributed by atoms with Gasteiger partial charge in [0.15, 0.2) is 0 Å². The molecule has 4 rings (SSSR count). The van der Waals surface area contributed by atoms with Gasteiger partial charge >= 0.3 is 18.3 Å². The fourth-order valence-electron chi connectivity index (χ4n) is 6.76. The Kier molecular flexibility index (Phi) is 24.7. The lowest BCUT2D eigenvalue weighted by atomic mass is 10.2. The van der Waals surface area contributed by atoms with Crippen molar-refractivity contribution in [1.29, 1.82) is 0 Å². The van der Waals surface area contributed by atoms with Gasteiger partial charge in [0.1, 0.15) is 16.8 Å². The van der Waals surface area contributed by atoms with Crippen molar-refractivity contribution in [1.82, 2.24) is 35.1 Å². The number of alkyl halides is 8. The molecule has 0 aromatic carbocycles.